The van der Waals surface area contributed by atoms with Gasteiger partial charge in [-0.25, -0.2) is 4.39 Å². The summed E-state index contributed by atoms with van der Waals surface area (Å²) in [4.78, 5) is 0. The first-order valence-electron chi connectivity index (χ1n) is 4.74. The summed E-state index contributed by atoms with van der Waals surface area (Å²) in [7, 11) is 1.73. The zero-order valence-corrected chi connectivity index (χ0v) is 9.72. The summed E-state index contributed by atoms with van der Waals surface area (Å²) in [6.45, 7) is 1.63. The van der Waals surface area contributed by atoms with Crippen molar-refractivity contribution in [2.24, 2.45) is 7.05 Å². The van der Waals surface area contributed by atoms with E-state index in [9.17, 15) is 4.39 Å². The smallest absolute Gasteiger partial charge is 0.128 e. The molecule has 0 unspecified atom stereocenters. The normalized spacial score (nSPS) is 10.8. The lowest BCUT2D eigenvalue weighted by Gasteiger charge is -2.02. The van der Waals surface area contributed by atoms with E-state index in [0.717, 1.165) is 0 Å². The fraction of sp³-hybridized carbons (Fsp3) is 0.182. The van der Waals surface area contributed by atoms with Gasteiger partial charge in [0, 0.05) is 29.3 Å². The third-order valence-electron chi connectivity index (χ3n) is 2.49. The molecule has 0 aliphatic rings. The molecule has 0 aliphatic carbocycles. The highest BCUT2D eigenvalue weighted by Crippen LogP contribution is 2.27. The second-order valence-electron chi connectivity index (χ2n) is 3.64. The summed E-state index contributed by atoms with van der Waals surface area (Å²) in [6, 6.07) is 4.77. The van der Waals surface area contributed by atoms with Crippen LogP contribution in [-0.4, -0.2) is 9.78 Å². The highest BCUT2D eigenvalue weighted by Gasteiger charge is 2.10. The molecule has 84 valence electrons. The van der Waals surface area contributed by atoms with Crippen LogP contribution in [-0.2, 0) is 7.05 Å². The van der Waals surface area contributed by atoms with Crippen molar-refractivity contribution in [3.63, 3.8) is 0 Å². The lowest BCUT2D eigenvalue weighted by Crippen LogP contribution is -1.96. The number of aryl methyl sites for hydroxylation is 1. The van der Waals surface area contributed by atoms with Crippen molar-refractivity contribution < 1.29 is 4.39 Å². The summed E-state index contributed by atoms with van der Waals surface area (Å²) >= 11 is 5.91. The summed E-state index contributed by atoms with van der Waals surface area (Å²) in [5.74, 6) is 0.179. The van der Waals surface area contributed by atoms with Gasteiger partial charge in [-0.05, 0) is 19.1 Å². The van der Waals surface area contributed by atoms with E-state index in [-0.39, 0.29) is 5.82 Å². The van der Waals surface area contributed by atoms with Gasteiger partial charge in [0.05, 0.1) is 5.69 Å². The monoisotopic (exact) mass is 239 g/mol. The van der Waals surface area contributed by atoms with E-state index < -0.39 is 0 Å². The number of halogens is 2. The van der Waals surface area contributed by atoms with Gasteiger partial charge in [-0.15, -0.1) is 0 Å². The minimum atomic E-state index is -0.341. The highest BCUT2D eigenvalue weighted by molar-refractivity contribution is 6.31. The van der Waals surface area contributed by atoms with Crippen molar-refractivity contribution in [3.05, 3.63) is 34.6 Å². The summed E-state index contributed by atoms with van der Waals surface area (Å²) < 4.78 is 15.0. The molecule has 2 aromatic rings. The molecule has 0 radical (unpaired) electrons. The molecular weight excluding hydrogens is 229 g/mol. The molecular formula is C11H11ClFN3. The number of rotatable bonds is 1. The van der Waals surface area contributed by atoms with Gasteiger partial charge < -0.3 is 5.73 Å². The van der Waals surface area contributed by atoms with Crippen LogP contribution in [0.3, 0.4) is 0 Å². The van der Waals surface area contributed by atoms with E-state index in [4.69, 9.17) is 17.3 Å². The molecule has 3 nitrogen and oxygen atoms in total. The van der Waals surface area contributed by atoms with Gasteiger partial charge in [-0.3, -0.25) is 4.68 Å². The Bertz CT molecular complexity index is 506. The van der Waals surface area contributed by atoms with Crippen LogP contribution < -0.4 is 5.73 Å². The molecule has 16 heavy (non-hydrogen) atoms. The summed E-state index contributed by atoms with van der Waals surface area (Å²) in [5, 5.41) is 4.55. The van der Waals surface area contributed by atoms with Crippen LogP contribution >= 0.6 is 11.6 Å². The Morgan fingerprint density at radius 3 is 2.56 bits per heavy atom. The van der Waals surface area contributed by atoms with Crippen LogP contribution in [0.2, 0.25) is 5.02 Å². The average molecular weight is 240 g/mol. The number of nitrogen functional groups attached to an aromatic ring is 1. The molecule has 2 rings (SSSR count). The maximum absolute atomic E-state index is 13.5. The predicted octanol–water partition coefficient (Wildman–Crippen LogP) is 2.77. The Kier molecular flexibility index (Phi) is 2.59. The van der Waals surface area contributed by atoms with Crippen molar-refractivity contribution in [3.8, 4) is 11.3 Å². The predicted molar refractivity (Wildman–Crippen MR) is 62.8 cm³/mol. The van der Waals surface area contributed by atoms with Crippen molar-refractivity contribution in [2.75, 3.05) is 5.73 Å². The third kappa shape index (κ3) is 1.76. The van der Waals surface area contributed by atoms with Crippen molar-refractivity contribution in [1.82, 2.24) is 9.78 Å². The van der Waals surface area contributed by atoms with E-state index in [1.807, 2.05) is 0 Å². The fourth-order valence-electron chi connectivity index (χ4n) is 1.42. The quantitative estimate of drug-likeness (QED) is 0.832. The first-order valence-corrected chi connectivity index (χ1v) is 5.12. The number of aromatic nitrogens is 2. The summed E-state index contributed by atoms with van der Waals surface area (Å²) in [6.07, 6.45) is 0. The Morgan fingerprint density at radius 2 is 2.06 bits per heavy atom. The SMILES string of the molecule is Cc1c(F)cc(-c2cc(N)n(C)n2)cc1Cl. The number of hydrogen-bond donors (Lipinski definition) is 1. The third-order valence-corrected chi connectivity index (χ3v) is 2.89. The minimum absolute atomic E-state index is 0.341. The molecule has 1 heterocycles. The van der Waals surface area contributed by atoms with E-state index >= 15 is 0 Å². The lowest BCUT2D eigenvalue weighted by atomic mass is 10.1. The topological polar surface area (TPSA) is 43.8 Å². The number of hydrogen-bond acceptors (Lipinski definition) is 2. The van der Waals surface area contributed by atoms with Crippen molar-refractivity contribution >= 4 is 17.4 Å². The van der Waals surface area contributed by atoms with Crippen LogP contribution in [0.15, 0.2) is 18.2 Å². The maximum Gasteiger partial charge on any atom is 0.128 e. The zero-order valence-electron chi connectivity index (χ0n) is 8.96. The molecule has 0 saturated heterocycles. The van der Waals surface area contributed by atoms with Gasteiger partial charge in [-0.1, -0.05) is 11.6 Å². The highest BCUT2D eigenvalue weighted by atomic mass is 35.5. The second kappa shape index (κ2) is 3.79. The first kappa shape index (κ1) is 11.0. The Balaban J connectivity index is 2.56. The Hall–Kier alpha value is -1.55. The van der Waals surface area contributed by atoms with Gasteiger partial charge in [-0.2, -0.15) is 5.10 Å². The standard InChI is InChI=1S/C11H11ClFN3/c1-6-8(12)3-7(4-9(6)13)10-5-11(14)16(2)15-10/h3-5H,14H2,1-2H3. The van der Waals surface area contributed by atoms with Crippen molar-refractivity contribution in [2.45, 2.75) is 6.92 Å². The van der Waals surface area contributed by atoms with Crippen LogP contribution in [0.1, 0.15) is 5.56 Å². The van der Waals surface area contributed by atoms with Crippen LogP contribution in [0.25, 0.3) is 11.3 Å². The van der Waals surface area contributed by atoms with Gasteiger partial charge >= 0.3 is 0 Å². The first-order chi connectivity index (χ1) is 7.49. The van der Waals surface area contributed by atoms with E-state index in [1.165, 1.54) is 10.7 Å². The number of anilines is 1. The Labute approximate surface area is 97.6 Å². The average Bonchev–Trinajstić information content (AvgIpc) is 2.55. The van der Waals surface area contributed by atoms with Crippen LogP contribution in [0, 0.1) is 12.7 Å². The fourth-order valence-corrected chi connectivity index (χ4v) is 1.62. The van der Waals surface area contributed by atoms with Crippen LogP contribution in [0.5, 0.6) is 0 Å². The molecule has 0 saturated carbocycles. The molecule has 0 atom stereocenters. The van der Waals surface area contributed by atoms with Gasteiger partial charge in [0.1, 0.15) is 11.6 Å². The van der Waals surface area contributed by atoms with E-state index in [2.05, 4.69) is 5.10 Å². The molecule has 0 aliphatic heterocycles. The zero-order chi connectivity index (χ0) is 11.9. The van der Waals surface area contributed by atoms with Gasteiger partial charge in [0.15, 0.2) is 0 Å². The molecule has 2 N–H and O–H groups in total. The largest absolute Gasteiger partial charge is 0.384 e. The van der Waals surface area contributed by atoms with Gasteiger partial charge in [0.25, 0.3) is 0 Å². The number of nitrogens with zero attached hydrogens (tertiary/aromatic N) is 2. The van der Waals surface area contributed by atoms with Crippen molar-refractivity contribution in [1.29, 1.82) is 0 Å². The summed E-state index contributed by atoms with van der Waals surface area (Å²) in [5.41, 5.74) is 7.33. The lowest BCUT2D eigenvalue weighted by molar-refractivity contribution is 0.619. The minimum Gasteiger partial charge on any atom is -0.384 e. The molecule has 5 heteroatoms. The molecule has 0 amide bonds. The van der Waals surface area contributed by atoms with Gasteiger partial charge in [0.2, 0.25) is 0 Å². The van der Waals surface area contributed by atoms with E-state index in [0.29, 0.717) is 27.7 Å². The Morgan fingerprint density at radius 1 is 1.38 bits per heavy atom. The second-order valence-corrected chi connectivity index (χ2v) is 4.05. The molecule has 0 bridgehead atoms. The number of benzene rings is 1. The molecule has 0 spiro atoms. The molecule has 0 fully saturated rings. The van der Waals surface area contributed by atoms with E-state index in [1.54, 1.807) is 26.1 Å². The van der Waals surface area contributed by atoms with Crippen LogP contribution in [0.4, 0.5) is 10.2 Å². The molecule has 1 aromatic heterocycles. The number of nitrogens with two attached hydrogens (primary N) is 1. The maximum atomic E-state index is 13.5. The molecule has 1 aromatic carbocycles.